The first kappa shape index (κ1) is 20.6. The maximum absolute atomic E-state index is 6.13. The molecule has 1 aliphatic carbocycles. The van der Waals surface area contributed by atoms with Crippen molar-refractivity contribution in [1.82, 2.24) is 0 Å². The van der Waals surface area contributed by atoms with Crippen molar-refractivity contribution >= 4 is 44.0 Å². The molecular weight excluding hydrogens is 414 g/mol. The van der Waals surface area contributed by atoms with E-state index in [0.29, 0.717) is 12.0 Å². The number of furan rings is 1. The molecule has 7 rings (SSSR count). The van der Waals surface area contributed by atoms with Crippen LogP contribution in [0.2, 0.25) is 0 Å². The fourth-order valence-corrected chi connectivity index (χ4v) is 5.48. The van der Waals surface area contributed by atoms with Gasteiger partial charge < -0.3 is 9.32 Å². The maximum atomic E-state index is 6.13. The molecule has 0 saturated carbocycles. The molecule has 166 valence electrons. The lowest BCUT2D eigenvalue weighted by molar-refractivity contribution is 0.669. The van der Waals surface area contributed by atoms with E-state index in [4.69, 9.17) is 4.42 Å². The molecule has 5 aromatic rings. The summed E-state index contributed by atoms with van der Waals surface area (Å²) in [5.74, 6) is 0.379. The first-order valence-electron chi connectivity index (χ1n) is 11.8. The number of hydrogen-bond donors (Lipinski definition) is 0. The zero-order chi connectivity index (χ0) is 23.2. The average Bonchev–Trinajstić information content (AvgIpc) is 3.39. The Hall–Kier alpha value is -4.04. The fraction of sp³-hybridized carbons (Fsp3) is 0.125. The second kappa shape index (κ2) is 8.07. The van der Waals surface area contributed by atoms with Crippen LogP contribution in [0.4, 0.5) is 5.69 Å². The summed E-state index contributed by atoms with van der Waals surface area (Å²) in [6.45, 7) is 5.25. The Bertz CT molecular complexity index is 1620. The standard InChI is InChI=1S/C29H21NO.C3H6/c1-30-25-15-12-18-6-2-3-7-21(18)29(25)24-14-11-19(16-26(24)30)20-10-13-23-22-8-4-5-9-27(22)31-28(23)17-20;1-3-2/h2-17,24,26H,1H3;3H,1H2,2H3. The van der Waals surface area contributed by atoms with Gasteiger partial charge in [-0.1, -0.05) is 78.9 Å². The smallest absolute Gasteiger partial charge is 0.136 e. The summed E-state index contributed by atoms with van der Waals surface area (Å²) < 4.78 is 6.13. The highest BCUT2D eigenvalue weighted by atomic mass is 16.3. The van der Waals surface area contributed by atoms with Crippen molar-refractivity contribution in [3.8, 4) is 0 Å². The molecule has 0 radical (unpaired) electrons. The van der Waals surface area contributed by atoms with Crippen LogP contribution in [0.25, 0.3) is 38.3 Å². The zero-order valence-corrected chi connectivity index (χ0v) is 19.5. The summed E-state index contributed by atoms with van der Waals surface area (Å²) in [6, 6.07) is 28.4. The number of anilines is 1. The summed E-state index contributed by atoms with van der Waals surface area (Å²) in [5, 5.41) is 5.03. The Morgan fingerprint density at radius 3 is 2.44 bits per heavy atom. The predicted molar refractivity (Wildman–Crippen MR) is 146 cm³/mol. The predicted octanol–water partition coefficient (Wildman–Crippen LogP) is 8.49. The van der Waals surface area contributed by atoms with Gasteiger partial charge >= 0.3 is 0 Å². The van der Waals surface area contributed by atoms with Crippen LogP contribution in [-0.2, 0) is 0 Å². The third-order valence-electron chi connectivity index (χ3n) is 7.02. The monoisotopic (exact) mass is 441 g/mol. The van der Waals surface area contributed by atoms with Gasteiger partial charge in [-0.3, -0.25) is 0 Å². The van der Waals surface area contributed by atoms with Crippen molar-refractivity contribution < 1.29 is 4.42 Å². The first-order valence-corrected chi connectivity index (χ1v) is 11.8. The Morgan fingerprint density at radius 2 is 1.59 bits per heavy atom. The van der Waals surface area contributed by atoms with E-state index in [1.165, 1.54) is 43.9 Å². The largest absolute Gasteiger partial charge is 0.456 e. The highest BCUT2D eigenvalue weighted by molar-refractivity contribution is 6.05. The van der Waals surface area contributed by atoms with Gasteiger partial charge in [-0.15, -0.1) is 6.58 Å². The minimum Gasteiger partial charge on any atom is -0.456 e. The van der Waals surface area contributed by atoms with E-state index >= 15 is 0 Å². The number of likely N-dealkylation sites (N-methyl/N-ethyl adjacent to an activating group) is 1. The van der Waals surface area contributed by atoms with E-state index in [0.717, 1.165) is 11.2 Å². The van der Waals surface area contributed by atoms with E-state index < -0.39 is 0 Å². The van der Waals surface area contributed by atoms with Crippen LogP contribution in [0, 0.1) is 0 Å². The highest BCUT2D eigenvalue weighted by Gasteiger charge is 2.36. The molecule has 0 spiro atoms. The lowest BCUT2D eigenvalue weighted by Gasteiger charge is -2.26. The van der Waals surface area contributed by atoms with E-state index in [1.807, 2.05) is 19.1 Å². The van der Waals surface area contributed by atoms with Crippen LogP contribution in [0.5, 0.6) is 0 Å². The summed E-state index contributed by atoms with van der Waals surface area (Å²) in [5.41, 5.74) is 7.14. The third-order valence-corrected chi connectivity index (χ3v) is 7.02. The molecule has 2 nitrogen and oxygen atoms in total. The van der Waals surface area contributed by atoms with Gasteiger partial charge in [-0.05, 0) is 58.7 Å². The maximum Gasteiger partial charge on any atom is 0.136 e. The lowest BCUT2D eigenvalue weighted by atomic mass is 9.85. The summed E-state index contributed by atoms with van der Waals surface area (Å²) >= 11 is 0. The molecule has 0 amide bonds. The molecule has 2 atom stereocenters. The third kappa shape index (κ3) is 3.10. The molecule has 2 unspecified atom stereocenters. The van der Waals surface area contributed by atoms with Crippen molar-refractivity contribution in [3.63, 3.8) is 0 Å². The quantitative estimate of drug-likeness (QED) is 0.243. The van der Waals surface area contributed by atoms with Crippen molar-refractivity contribution in [3.05, 3.63) is 121 Å². The molecule has 1 aliphatic heterocycles. The first-order chi connectivity index (χ1) is 16.7. The number of nitrogens with zero attached hydrogens (tertiary/aromatic N) is 1. The SMILES string of the molecule is C=CC.CN1c2ccc3ccccc3c2C2C=CC(c3ccc4c(c3)oc3ccccc34)=CC21. The number of rotatable bonds is 1. The van der Waals surface area contributed by atoms with E-state index in [-0.39, 0.29) is 0 Å². The molecule has 4 aromatic carbocycles. The molecule has 2 aliphatic rings. The van der Waals surface area contributed by atoms with Crippen LogP contribution >= 0.6 is 0 Å². The second-order valence-corrected chi connectivity index (χ2v) is 9.05. The average molecular weight is 442 g/mol. The Balaban J connectivity index is 0.000000691. The van der Waals surface area contributed by atoms with E-state index in [9.17, 15) is 0 Å². The van der Waals surface area contributed by atoms with Gasteiger partial charge in [0.1, 0.15) is 11.2 Å². The summed E-state index contributed by atoms with van der Waals surface area (Å²) in [7, 11) is 2.22. The van der Waals surface area contributed by atoms with E-state index in [1.54, 1.807) is 6.08 Å². The Morgan fingerprint density at radius 1 is 0.853 bits per heavy atom. The van der Waals surface area contributed by atoms with E-state index in [2.05, 4.69) is 103 Å². The van der Waals surface area contributed by atoms with Crippen molar-refractivity contribution in [1.29, 1.82) is 0 Å². The van der Waals surface area contributed by atoms with Gasteiger partial charge in [0.25, 0.3) is 0 Å². The van der Waals surface area contributed by atoms with Crippen LogP contribution in [0.15, 0.2) is 114 Å². The van der Waals surface area contributed by atoms with Crippen LogP contribution in [0.1, 0.15) is 24.0 Å². The van der Waals surface area contributed by atoms with Gasteiger partial charge in [0, 0.05) is 29.4 Å². The van der Waals surface area contributed by atoms with Gasteiger partial charge in [-0.2, -0.15) is 0 Å². The number of para-hydroxylation sites is 1. The molecular formula is C32H27NO. The molecule has 2 heterocycles. The molecule has 34 heavy (non-hydrogen) atoms. The van der Waals surface area contributed by atoms with Gasteiger partial charge in [-0.25, -0.2) is 0 Å². The molecule has 0 N–H and O–H groups in total. The molecule has 0 saturated heterocycles. The molecule has 2 heteroatoms. The zero-order valence-electron chi connectivity index (χ0n) is 19.5. The van der Waals surface area contributed by atoms with Crippen LogP contribution in [-0.4, -0.2) is 13.1 Å². The number of fused-ring (bicyclic) bond motifs is 8. The number of allylic oxidation sites excluding steroid dienone is 3. The molecule has 1 aromatic heterocycles. The Labute approximate surface area is 200 Å². The second-order valence-electron chi connectivity index (χ2n) is 9.05. The minimum absolute atomic E-state index is 0.326. The summed E-state index contributed by atoms with van der Waals surface area (Å²) in [4.78, 5) is 2.43. The molecule has 0 bridgehead atoms. The van der Waals surface area contributed by atoms with Crippen LogP contribution in [0.3, 0.4) is 0 Å². The normalized spacial score (nSPS) is 18.4. The topological polar surface area (TPSA) is 16.4 Å². The van der Waals surface area contributed by atoms with Crippen molar-refractivity contribution in [2.75, 3.05) is 11.9 Å². The lowest BCUT2D eigenvalue weighted by Crippen LogP contribution is -2.29. The van der Waals surface area contributed by atoms with Crippen molar-refractivity contribution in [2.45, 2.75) is 18.9 Å². The van der Waals surface area contributed by atoms with Crippen LogP contribution < -0.4 is 4.90 Å². The summed E-state index contributed by atoms with van der Waals surface area (Å²) in [6.07, 6.45) is 8.84. The highest BCUT2D eigenvalue weighted by Crippen LogP contribution is 2.48. The number of hydrogen-bond acceptors (Lipinski definition) is 2. The van der Waals surface area contributed by atoms with Gasteiger partial charge in [0.2, 0.25) is 0 Å². The number of benzene rings is 4. The molecule has 0 fully saturated rings. The van der Waals surface area contributed by atoms with Gasteiger partial charge in [0.05, 0.1) is 6.04 Å². The minimum atomic E-state index is 0.326. The fourth-order valence-electron chi connectivity index (χ4n) is 5.48. The van der Waals surface area contributed by atoms with Gasteiger partial charge in [0.15, 0.2) is 0 Å². The van der Waals surface area contributed by atoms with Crippen molar-refractivity contribution in [2.24, 2.45) is 0 Å². The Kier molecular flexibility index (Phi) is 4.88.